The molecule has 0 aromatic heterocycles. The second kappa shape index (κ2) is 8.06. The summed E-state index contributed by atoms with van der Waals surface area (Å²) >= 11 is 0. The number of ether oxygens (including phenoxy) is 1. The summed E-state index contributed by atoms with van der Waals surface area (Å²) in [5.41, 5.74) is 0.367. The minimum atomic E-state index is 0.367. The van der Waals surface area contributed by atoms with Crippen LogP contribution in [-0.4, -0.2) is 49.8 Å². The molecular weight excluding hydrogens is 212 g/mol. The summed E-state index contributed by atoms with van der Waals surface area (Å²) in [6, 6.07) is 0. The quantitative estimate of drug-likeness (QED) is 0.661. The first-order chi connectivity index (χ1) is 8.29. The zero-order chi connectivity index (χ0) is 12.6. The molecule has 1 aliphatic rings. The van der Waals surface area contributed by atoms with Gasteiger partial charge in [0.1, 0.15) is 0 Å². The van der Waals surface area contributed by atoms with Crippen LogP contribution in [0.25, 0.3) is 0 Å². The molecule has 1 aliphatic heterocycles. The van der Waals surface area contributed by atoms with Gasteiger partial charge in [0.25, 0.3) is 0 Å². The van der Waals surface area contributed by atoms with Crippen LogP contribution >= 0.6 is 0 Å². The average Bonchev–Trinajstić information content (AvgIpc) is 2.39. The number of hydrogen-bond acceptors (Lipinski definition) is 3. The van der Waals surface area contributed by atoms with E-state index in [1.165, 1.54) is 32.2 Å². The minimum absolute atomic E-state index is 0.367. The molecule has 0 bridgehead atoms. The Balaban J connectivity index is 2.32. The number of unbranched alkanes of at least 4 members (excludes halogenated alkanes) is 1. The third-order valence-electron chi connectivity index (χ3n) is 4.15. The molecule has 102 valence electrons. The summed E-state index contributed by atoms with van der Waals surface area (Å²) in [6.07, 6.45) is 4.87. The second-order valence-corrected chi connectivity index (χ2v) is 5.06. The van der Waals surface area contributed by atoms with Crippen molar-refractivity contribution in [2.45, 2.75) is 52.0 Å². The molecule has 3 heteroatoms. The first-order valence-corrected chi connectivity index (χ1v) is 7.32. The Morgan fingerprint density at radius 3 is 2.59 bits per heavy atom. The molecule has 1 N–H and O–H groups in total. The zero-order valence-electron chi connectivity index (χ0n) is 11.9. The van der Waals surface area contributed by atoms with Crippen LogP contribution in [0.2, 0.25) is 0 Å². The van der Waals surface area contributed by atoms with Crippen LogP contribution in [0.1, 0.15) is 46.5 Å². The highest BCUT2D eigenvalue weighted by Crippen LogP contribution is 2.24. The number of piperazine rings is 1. The molecule has 0 aromatic carbocycles. The third kappa shape index (κ3) is 4.23. The molecule has 17 heavy (non-hydrogen) atoms. The van der Waals surface area contributed by atoms with E-state index in [1.807, 2.05) is 0 Å². The number of hydrogen-bond donors (Lipinski definition) is 1. The van der Waals surface area contributed by atoms with Crippen molar-refractivity contribution in [3.63, 3.8) is 0 Å². The Hall–Kier alpha value is -0.120. The van der Waals surface area contributed by atoms with Gasteiger partial charge in [0.2, 0.25) is 0 Å². The normalized spacial score (nSPS) is 20.6. The largest absolute Gasteiger partial charge is 0.380 e. The van der Waals surface area contributed by atoms with Gasteiger partial charge in [-0.1, -0.05) is 27.2 Å². The standard InChI is InChI=1S/C14H30N2O/c1-4-7-11-17-12-10-16-9-8-15-13-14(16,5-2)6-3/h15H,4-13H2,1-3H3. The SMILES string of the molecule is CCCCOCCN1CCNCC1(CC)CC. The van der Waals surface area contributed by atoms with Gasteiger partial charge in [-0.15, -0.1) is 0 Å². The van der Waals surface area contributed by atoms with Gasteiger partial charge >= 0.3 is 0 Å². The Kier molecular flexibility index (Phi) is 7.09. The Labute approximate surface area is 107 Å². The summed E-state index contributed by atoms with van der Waals surface area (Å²) in [5, 5.41) is 3.54. The molecule has 0 spiro atoms. The van der Waals surface area contributed by atoms with Gasteiger partial charge in [0.15, 0.2) is 0 Å². The minimum Gasteiger partial charge on any atom is -0.380 e. The Bertz CT molecular complexity index is 193. The predicted octanol–water partition coefficient (Wildman–Crippen LogP) is 2.27. The van der Waals surface area contributed by atoms with Gasteiger partial charge in [-0.3, -0.25) is 4.90 Å². The van der Waals surface area contributed by atoms with Crippen molar-refractivity contribution in [3.05, 3.63) is 0 Å². The predicted molar refractivity (Wildman–Crippen MR) is 73.5 cm³/mol. The molecule has 1 saturated heterocycles. The van der Waals surface area contributed by atoms with E-state index in [1.54, 1.807) is 0 Å². The van der Waals surface area contributed by atoms with Crippen LogP contribution in [0.3, 0.4) is 0 Å². The Morgan fingerprint density at radius 2 is 1.94 bits per heavy atom. The van der Waals surface area contributed by atoms with E-state index in [9.17, 15) is 0 Å². The summed E-state index contributed by atoms with van der Waals surface area (Å²) in [6.45, 7) is 13.1. The second-order valence-electron chi connectivity index (χ2n) is 5.06. The monoisotopic (exact) mass is 242 g/mol. The smallest absolute Gasteiger partial charge is 0.0593 e. The van der Waals surface area contributed by atoms with Crippen LogP contribution in [-0.2, 0) is 4.74 Å². The highest BCUT2D eigenvalue weighted by molar-refractivity contribution is 4.93. The van der Waals surface area contributed by atoms with Gasteiger partial charge in [0, 0.05) is 38.3 Å². The van der Waals surface area contributed by atoms with Gasteiger partial charge in [-0.2, -0.15) is 0 Å². The van der Waals surface area contributed by atoms with Crippen molar-refractivity contribution in [2.75, 3.05) is 39.4 Å². The maximum Gasteiger partial charge on any atom is 0.0593 e. The molecule has 1 heterocycles. The molecule has 0 atom stereocenters. The Morgan fingerprint density at radius 1 is 1.18 bits per heavy atom. The summed E-state index contributed by atoms with van der Waals surface area (Å²) in [4.78, 5) is 2.63. The fourth-order valence-electron chi connectivity index (χ4n) is 2.70. The van der Waals surface area contributed by atoms with E-state index in [2.05, 4.69) is 31.0 Å². The van der Waals surface area contributed by atoms with Crippen LogP contribution < -0.4 is 5.32 Å². The summed E-state index contributed by atoms with van der Waals surface area (Å²) < 4.78 is 5.70. The molecule has 0 amide bonds. The molecule has 3 nitrogen and oxygen atoms in total. The highest BCUT2D eigenvalue weighted by atomic mass is 16.5. The lowest BCUT2D eigenvalue weighted by atomic mass is 9.88. The van der Waals surface area contributed by atoms with Gasteiger partial charge in [-0.25, -0.2) is 0 Å². The van der Waals surface area contributed by atoms with E-state index in [-0.39, 0.29) is 0 Å². The van der Waals surface area contributed by atoms with Crippen molar-refractivity contribution >= 4 is 0 Å². The van der Waals surface area contributed by atoms with E-state index in [0.29, 0.717) is 5.54 Å². The molecule has 0 aliphatic carbocycles. The molecule has 0 radical (unpaired) electrons. The maximum atomic E-state index is 5.70. The van der Waals surface area contributed by atoms with Crippen molar-refractivity contribution in [3.8, 4) is 0 Å². The lowest BCUT2D eigenvalue weighted by Gasteiger charge is -2.47. The van der Waals surface area contributed by atoms with Gasteiger partial charge < -0.3 is 10.1 Å². The van der Waals surface area contributed by atoms with E-state index in [0.717, 1.165) is 32.8 Å². The van der Waals surface area contributed by atoms with Crippen molar-refractivity contribution in [1.82, 2.24) is 10.2 Å². The van der Waals surface area contributed by atoms with Crippen LogP contribution in [0.4, 0.5) is 0 Å². The first kappa shape index (κ1) is 14.9. The van der Waals surface area contributed by atoms with Gasteiger partial charge in [0.05, 0.1) is 6.61 Å². The topological polar surface area (TPSA) is 24.5 Å². The van der Waals surface area contributed by atoms with E-state index >= 15 is 0 Å². The fourth-order valence-corrected chi connectivity index (χ4v) is 2.70. The molecule has 1 fully saturated rings. The third-order valence-corrected chi connectivity index (χ3v) is 4.15. The van der Waals surface area contributed by atoms with Crippen LogP contribution in [0.15, 0.2) is 0 Å². The van der Waals surface area contributed by atoms with Crippen molar-refractivity contribution in [1.29, 1.82) is 0 Å². The van der Waals surface area contributed by atoms with Crippen molar-refractivity contribution < 1.29 is 4.74 Å². The van der Waals surface area contributed by atoms with Gasteiger partial charge in [-0.05, 0) is 19.3 Å². The lowest BCUT2D eigenvalue weighted by molar-refractivity contribution is 0.0187. The number of rotatable bonds is 8. The number of nitrogens with one attached hydrogen (secondary N) is 1. The van der Waals surface area contributed by atoms with Crippen molar-refractivity contribution in [2.24, 2.45) is 0 Å². The number of nitrogens with zero attached hydrogens (tertiary/aromatic N) is 1. The molecular formula is C14H30N2O. The first-order valence-electron chi connectivity index (χ1n) is 7.32. The molecule has 0 unspecified atom stereocenters. The zero-order valence-corrected chi connectivity index (χ0v) is 11.9. The van der Waals surface area contributed by atoms with Crippen LogP contribution in [0, 0.1) is 0 Å². The van der Waals surface area contributed by atoms with E-state index in [4.69, 9.17) is 4.74 Å². The highest BCUT2D eigenvalue weighted by Gasteiger charge is 2.34. The lowest BCUT2D eigenvalue weighted by Crippen LogP contribution is -2.61. The van der Waals surface area contributed by atoms with Crippen LogP contribution in [0.5, 0.6) is 0 Å². The summed E-state index contributed by atoms with van der Waals surface area (Å²) in [5.74, 6) is 0. The summed E-state index contributed by atoms with van der Waals surface area (Å²) in [7, 11) is 0. The van der Waals surface area contributed by atoms with E-state index < -0.39 is 0 Å². The molecule has 1 rings (SSSR count). The fraction of sp³-hybridized carbons (Fsp3) is 1.00. The average molecular weight is 242 g/mol. The molecule has 0 aromatic rings. The maximum absolute atomic E-state index is 5.70. The molecule has 0 saturated carbocycles.